The number of nitrogens with one attached hydrogen (secondary N) is 1. The minimum Gasteiger partial charge on any atom is -0.459 e. The van der Waals surface area contributed by atoms with E-state index in [0.717, 1.165) is 0 Å². The normalized spacial score (nSPS) is 15.7. The van der Waals surface area contributed by atoms with Crippen molar-refractivity contribution in [2.45, 2.75) is 25.9 Å². The maximum Gasteiger partial charge on any atom is 0.309 e. The van der Waals surface area contributed by atoms with Crippen molar-refractivity contribution in [1.29, 1.82) is 0 Å². The zero-order chi connectivity index (χ0) is 20.1. The molecule has 148 valence electrons. The molecule has 2 heterocycles. The second-order valence-corrected chi connectivity index (χ2v) is 7.00. The Hall–Kier alpha value is -2.80. The zero-order valence-electron chi connectivity index (χ0n) is 15.4. The van der Waals surface area contributed by atoms with Gasteiger partial charge < -0.3 is 19.4 Å². The number of halogens is 1. The molecule has 0 spiro atoms. The number of carbonyl (C=O) groups is 3. The summed E-state index contributed by atoms with van der Waals surface area (Å²) in [7, 11) is 0. The van der Waals surface area contributed by atoms with Gasteiger partial charge in [-0.05, 0) is 44.0 Å². The summed E-state index contributed by atoms with van der Waals surface area (Å²) in [6.45, 7) is 2.37. The number of carbonyl (C=O) groups excluding carboxylic acids is 3. The maximum absolute atomic E-state index is 12.4. The Morgan fingerprint density at radius 1 is 1.18 bits per heavy atom. The summed E-state index contributed by atoms with van der Waals surface area (Å²) in [5.74, 6) is -1.15. The first-order chi connectivity index (χ1) is 13.5. The van der Waals surface area contributed by atoms with Gasteiger partial charge in [-0.3, -0.25) is 14.4 Å². The molecule has 0 saturated carbocycles. The van der Waals surface area contributed by atoms with Crippen molar-refractivity contribution in [3.8, 4) is 0 Å². The highest BCUT2D eigenvalue weighted by Gasteiger charge is 2.31. The Morgan fingerprint density at radius 2 is 1.89 bits per heavy atom. The molecule has 1 N–H and O–H groups in total. The van der Waals surface area contributed by atoms with E-state index in [4.69, 9.17) is 20.8 Å². The summed E-state index contributed by atoms with van der Waals surface area (Å²) in [4.78, 5) is 38.5. The van der Waals surface area contributed by atoms with E-state index in [1.165, 1.54) is 13.2 Å². The van der Waals surface area contributed by atoms with Crippen molar-refractivity contribution in [3.63, 3.8) is 0 Å². The average Bonchev–Trinajstić information content (AvgIpc) is 3.24. The molecule has 1 aromatic heterocycles. The van der Waals surface area contributed by atoms with Crippen LogP contribution in [0.5, 0.6) is 0 Å². The molecule has 0 aliphatic carbocycles. The van der Waals surface area contributed by atoms with Crippen LogP contribution in [-0.2, 0) is 14.3 Å². The third-order valence-electron chi connectivity index (χ3n) is 4.64. The molecule has 1 saturated heterocycles. The van der Waals surface area contributed by atoms with Gasteiger partial charge >= 0.3 is 5.97 Å². The third kappa shape index (κ3) is 4.72. The molecule has 1 fully saturated rings. The van der Waals surface area contributed by atoms with Crippen LogP contribution < -0.4 is 5.32 Å². The van der Waals surface area contributed by atoms with Crippen molar-refractivity contribution in [2.24, 2.45) is 5.92 Å². The van der Waals surface area contributed by atoms with E-state index in [1.807, 2.05) is 0 Å². The molecule has 0 bridgehead atoms. The first-order valence-corrected chi connectivity index (χ1v) is 9.42. The standard InChI is InChI=1S/C20H21ClN2O5/c1-13(18(24)22-16-6-3-2-5-15(16)21)28-20(26)14-8-10-23(11-9-14)19(25)17-7-4-12-27-17/h2-7,12-14H,8-11H2,1H3,(H,22,24). The minimum atomic E-state index is -0.952. The Kier molecular flexibility index (Phi) is 6.36. The van der Waals surface area contributed by atoms with Gasteiger partial charge in [-0.2, -0.15) is 0 Å². The third-order valence-corrected chi connectivity index (χ3v) is 4.97. The smallest absolute Gasteiger partial charge is 0.309 e. The minimum absolute atomic E-state index is 0.190. The molecular formula is C20H21ClN2O5. The maximum atomic E-state index is 12.4. The average molecular weight is 405 g/mol. The van der Waals surface area contributed by atoms with E-state index >= 15 is 0 Å². The molecule has 1 unspecified atom stereocenters. The fraction of sp³-hybridized carbons (Fsp3) is 0.350. The van der Waals surface area contributed by atoms with Crippen molar-refractivity contribution in [1.82, 2.24) is 4.90 Å². The number of para-hydroxylation sites is 1. The Labute approximate surface area is 167 Å². The van der Waals surface area contributed by atoms with Crippen LogP contribution in [0.1, 0.15) is 30.3 Å². The molecule has 28 heavy (non-hydrogen) atoms. The summed E-state index contributed by atoms with van der Waals surface area (Å²) < 4.78 is 10.4. The van der Waals surface area contributed by atoms with E-state index in [2.05, 4.69) is 5.32 Å². The number of rotatable bonds is 5. The number of nitrogens with zero attached hydrogens (tertiary/aromatic N) is 1. The lowest BCUT2D eigenvalue weighted by molar-refractivity contribution is -0.158. The number of likely N-dealkylation sites (tertiary alicyclic amines) is 1. The second kappa shape index (κ2) is 8.93. The van der Waals surface area contributed by atoms with Crippen LogP contribution in [0.3, 0.4) is 0 Å². The van der Waals surface area contributed by atoms with Gasteiger partial charge in [0.05, 0.1) is 22.9 Å². The van der Waals surface area contributed by atoms with Gasteiger partial charge in [0.2, 0.25) is 0 Å². The van der Waals surface area contributed by atoms with Crippen LogP contribution in [0.2, 0.25) is 5.02 Å². The lowest BCUT2D eigenvalue weighted by atomic mass is 9.97. The molecule has 2 amide bonds. The largest absolute Gasteiger partial charge is 0.459 e. The number of amides is 2. The first-order valence-electron chi connectivity index (χ1n) is 9.04. The SMILES string of the molecule is CC(OC(=O)C1CCN(C(=O)c2ccco2)CC1)C(=O)Nc1ccccc1Cl. The molecule has 8 heteroatoms. The van der Waals surface area contributed by atoms with Gasteiger partial charge in [0, 0.05) is 13.1 Å². The first kappa shape index (κ1) is 19.9. The van der Waals surface area contributed by atoms with Crippen molar-refractivity contribution in [3.05, 3.63) is 53.4 Å². The monoisotopic (exact) mass is 404 g/mol. The highest BCUT2D eigenvalue weighted by molar-refractivity contribution is 6.33. The number of piperidine rings is 1. The van der Waals surface area contributed by atoms with Gasteiger partial charge in [-0.25, -0.2) is 0 Å². The van der Waals surface area contributed by atoms with Gasteiger partial charge in [0.1, 0.15) is 0 Å². The quantitative estimate of drug-likeness (QED) is 0.772. The Balaban J connectivity index is 1.48. The number of furan rings is 1. The number of esters is 1. The molecule has 1 aromatic carbocycles. The molecule has 1 atom stereocenters. The number of hydrogen-bond donors (Lipinski definition) is 1. The highest BCUT2D eigenvalue weighted by atomic mass is 35.5. The lowest BCUT2D eigenvalue weighted by Crippen LogP contribution is -2.41. The van der Waals surface area contributed by atoms with Gasteiger partial charge in [-0.15, -0.1) is 0 Å². The molecule has 1 aliphatic rings. The topological polar surface area (TPSA) is 88.8 Å². The molecule has 1 aliphatic heterocycles. The van der Waals surface area contributed by atoms with Gasteiger partial charge in [0.15, 0.2) is 11.9 Å². The number of hydrogen-bond acceptors (Lipinski definition) is 5. The Morgan fingerprint density at radius 3 is 2.54 bits per heavy atom. The highest BCUT2D eigenvalue weighted by Crippen LogP contribution is 2.23. The van der Waals surface area contributed by atoms with Crippen LogP contribution in [-0.4, -0.2) is 41.9 Å². The number of benzene rings is 1. The van der Waals surface area contributed by atoms with E-state index in [-0.39, 0.29) is 17.6 Å². The van der Waals surface area contributed by atoms with Gasteiger partial charge in [0.25, 0.3) is 11.8 Å². The van der Waals surface area contributed by atoms with Crippen molar-refractivity contribution < 1.29 is 23.5 Å². The number of anilines is 1. The van der Waals surface area contributed by atoms with E-state index < -0.39 is 18.0 Å². The summed E-state index contributed by atoms with van der Waals surface area (Å²) in [5, 5.41) is 3.05. The van der Waals surface area contributed by atoms with E-state index in [9.17, 15) is 14.4 Å². The van der Waals surface area contributed by atoms with Crippen LogP contribution >= 0.6 is 11.6 Å². The zero-order valence-corrected chi connectivity index (χ0v) is 16.1. The fourth-order valence-electron chi connectivity index (χ4n) is 3.00. The predicted molar refractivity (Wildman–Crippen MR) is 103 cm³/mol. The van der Waals surface area contributed by atoms with E-state index in [0.29, 0.717) is 36.6 Å². The fourth-order valence-corrected chi connectivity index (χ4v) is 3.18. The number of ether oxygens (including phenoxy) is 1. The summed E-state index contributed by atoms with van der Waals surface area (Å²) in [5.41, 5.74) is 0.460. The predicted octanol–water partition coefficient (Wildman–Crippen LogP) is 3.36. The summed E-state index contributed by atoms with van der Waals surface area (Å²) in [6.07, 6.45) is 1.45. The molecule has 7 nitrogen and oxygen atoms in total. The molecule has 3 rings (SSSR count). The van der Waals surface area contributed by atoms with Crippen molar-refractivity contribution >= 4 is 35.1 Å². The Bertz CT molecular complexity index is 844. The van der Waals surface area contributed by atoms with E-state index in [1.54, 1.807) is 41.3 Å². The summed E-state index contributed by atoms with van der Waals surface area (Å²) in [6, 6.07) is 10.1. The molecule has 2 aromatic rings. The van der Waals surface area contributed by atoms with Crippen LogP contribution in [0.4, 0.5) is 5.69 Å². The second-order valence-electron chi connectivity index (χ2n) is 6.59. The lowest BCUT2D eigenvalue weighted by Gasteiger charge is -2.30. The van der Waals surface area contributed by atoms with Crippen LogP contribution in [0, 0.1) is 5.92 Å². The molecule has 0 radical (unpaired) electrons. The van der Waals surface area contributed by atoms with Crippen molar-refractivity contribution in [2.75, 3.05) is 18.4 Å². The van der Waals surface area contributed by atoms with Crippen LogP contribution in [0.15, 0.2) is 47.1 Å². The summed E-state index contributed by atoms with van der Waals surface area (Å²) >= 11 is 6.02. The van der Waals surface area contributed by atoms with Gasteiger partial charge in [-0.1, -0.05) is 23.7 Å². The molecular weight excluding hydrogens is 384 g/mol. The van der Waals surface area contributed by atoms with Crippen LogP contribution in [0.25, 0.3) is 0 Å².